The number of hydrogen-bond acceptors (Lipinski definition) is 3. The Kier molecular flexibility index (Phi) is 5.48. The molecule has 4 aromatic carbocycles. The summed E-state index contributed by atoms with van der Waals surface area (Å²) in [5.41, 5.74) is 7.18. The number of anilines is 2. The molecule has 1 aliphatic carbocycles. The van der Waals surface area contributed by atoms with Gasteiger partial charge >= 0.3 is 5.63 Å². The maximum atomic E-state index is 12.8. The first-order chi connectivity index (χ1) is 17.7. The van der Waals surface area contributed by atoms with Crippen LogP contribution in [0, 0.1) is 18.8 Å². The van der Waals surface area contributed by atoms with Gasteiger partial charge in [-0.05, 0) is 59.8 Å². The lowest BCUT2D eigenvalue weighted by molar-refractivity contribution is 0.569. The molecule has 0 fully saturated rings. The van der Waals surface area contributed by atoms with Crippen molar-refractivity contribution in [3.63, 3.8) is 0 Å². The molecule has 1 aliphatic rings. The van der Waals surface area contributed by atoms with Crippen LogP contribution in [-0.4, -0.2) is 0 Å². The summed E-state index contributed by atoms with van der Waals surface area (Å²) < 4.78 is 5.79. The van der Waals surface area contributed by atoms with E-state index in [4.69, 9.17) is 4.42 Å². The number of benzene rings is 4. The third kappa shape index (κ3) is 4.00. The van der Waals surface area contributed by atoms with Crippen LogP contribution < -0.4 is 10.9 Å². The third-order valence-electron chi connectivity index (χ3n) is 6.42. The van der Waals surface area contributed by atoms with Gasteiger partial charge < -0.3 is 9.73 Å². The smallest absolute Gasteiger partial charge is 0.344 e. The lowest BCUT2D eigenvalue weighted by Crippen LogP contribution is -2.01. The summed E-state index contributed by atoms with van der Waals surface area (Å²) in [6.45, 7) is 1.98. The molecule has 1 N–H and O–H groups in total. The Hall–Kier alpha value is -4.81. The number of rotatable bonds is 4. The molecule has 1 heterocycles. The van der Waals surface area contributed by atoms with E-state index in [1.165, 1.54) is 0 Å². The Morgan fingerprint density at radius 3 is 2.53 bits per heavy atom. The van der Waals surface area contributed by atoms with Gasteiger partial charge in [0.15, 0.2) is 0 Å². The first-order valence-corrected chi connectivity index (χ1v) is 12.0. The quantitative estimate of drug-likeness (QED) is 0.167. The molecule has 3 heteroatoms. The highest BCUT2D eigenvalue weighted by atomic mass is 16.4. The van der Waals surface area contributed by atoms with E-state index < -0.39 is 0 Å². The van der Waals surface area contributed by atoms with Gasteiger partial charge in [-0.25, -0.2) is 4.79 Å². The van der Waals surface area contributed by atoms with Crippen molar-refractivity contribution in [2.75, 3.05) is 5.32 Å². The van der Waals surface area contributed by atoms with Crippen LogP contribution in [0.15, 0.2) is 112 Å². The second kappa shape index (κ2) is 9.09. The molecule has 36 heavy (non-hydrogen) atoms. The Morgan fingerprint density at radius 1 is 0.833 bits per heavy atom. The van der Waals surface area contributed by atoms with Gasteiger partial charge in [0.25, 0.3) is 0 Å². The van der Waals surface area contributed by atoms with Crippen LogP contribution in [0.1, 0.15) is 23.1 Å². The summed E-state index contributed by atoms with van der Waals surface area (Å²) in [5, 5.41) is 5.97. The number of allylic oxidation sites excluding steroid dienone is 4. The molecule has 0 bridgehead atoms. The average molecular weight is 466 g/mol. The Labute approximate surface area is 209 Å². The normalized spacial score (nSPS) is 12.9. The molecule has 6 rings (SSSR count). The second-order valence-corrected chi connectivity index (χ2v) is 8.88. The number of nitrogens with one attached hydrogen (secondary N) is 1. The zero-order chi connectivity index (χ0) is 24.5. The molecule has 1 aromatic heterocycles. The lowest BCUT2D eigenvalue weighted by atomic mass is 9.93. The monoisotopic (exact) mass is 465 g/mol. The number of para-hydroxylation sites is 2. The first kappa shape index (κ1) is 21.7. The fourth-order valence-corrected chi connectivity index (χ4v) is 4.68. The molecular weight excluding hydrogens is 442 g/mol. The molecular formula is C33H23NO2. The van der Waals surface area contributed by atoms with Crippen molar-refractivity contribution in [3.8, 4) is 11.8 Å². The van der Waals surface area contributed by atoms with E-state index in [0.29, 0.717) is 17.4 Å². The SMILES string of the molecule is Cc1ccc2c(c1)c(=O)oc1cc(C3=C(c4ccccc4Nc4ccccc4)C#CCC=C3)ccc12. The van der Waals surface area contributed by atoms with Gasteiger partial charge in [-0.3, -0.25) is 0 Å². The highest BCUT2D eigenvalue weighted by Gasteiger charge is 2.15. The molecule has 0 amide bonds. The predicted molar refractivity (Wildman–Crippen MR) is 149 cm³/mol. The molecule has 0 atom stereocenters. The Balaban J connectivity index is 1.54. The number of fused-ring (bicyclic) bond motifs is 3. The highest BCUT2D eigenvalue weighted by Crippen LogP contribution is 2.35. The molecule has 0 unspecified atom stereocenters. The molecule has 3 nitrogen and oxygen atoms in total. The van der Waals surface area contributed by atoms with Gasteiger partial charge in [0, 0.05) is 34.3 Å². The minimum Gasteiger partial charge on any atom is -0.422 e. The van der Waals surface area contributed by atoms with Crippen molar-refractivity contribution in [3.05, 3.63) is 130 Å². The topological polar surface area (TPSA) is 42.2 Å². The van der Waals surface area contributed by atoms with E-state index in [1.54, 1.807) is 0 Å². The van der Waals surface area contributed by atoms with Crippen LogP contribution in [-0.2, 0) is 0 Å². The van der Waals surface area contributed by atoms with Crippen LogP contribution in [0.4, 0.5) is 11.4 Å². The van der Waals surface area contributed by atoms with Gasteiger partial charge in [0.1, 0.15) is 5.58 Å². The van der Waals surface area contributed by atoms with Crippen molar-refractivity contribution in [2.45, 2.75) is 13.3 Å². The van der Waals surface area contributed by atoms with E-state index in [1.807, 2.05) is 79.7 Å². The van der Waals surface area contributed by atoms with E-state index in [9.17, 15) is 4.79 Å². The summed E-state index contributed by atoms with van der Waals surface area (Å²) in [6, 6.07) is 30.3. The van der Waals surface area contributed by atoms with Gasteiger partial charge in [-0.2, -0.15) is 0 Å². The van der Waals surface area contributed by atoms with E-state index in [-0.39, 0.29) is 5.63 Å². The maximum Gasteiger partial charge on any atom is 0.344 e. The zero-order valence-electron chi connectivity index (χ0n) is 19.8. The van der Waals surface area contributed by atoms with E-state index in [0.717, 1.165) is 50.0 Å². The van der Waals surface area contributed by atoms with Crippen LogP contribution in [0.5, 0.6) is 0 Å². The van der Waals surface area contributed by atoms with Crippen LogP contribution in [0.3, 0.4) is 0 Å². The summed E-state index contributed by atoms with van der Waals surface area (Å²) in [5.74, 6) is 6.67. The first-order valence-electron chi connectivity index (χ1n) is 12.0. The minimum absolute atomic E-state index is 0.318. The molecule has 5 aromatic rings. The summed E-state index contributed by atoms with van der Waals surface area (Å²) in [6.07, 6.45) is 4.85. The van der Waals surface area contributed by atoms with Gasteiger partial charge in [-0.15, -0.1) is 0 Å². The van der Waals surface area contributed by atoms with Crippen molar-refractivity contribution in [2.24, 2.45) is 0 Å². The Bertz CT molecular complexity index is 1810. The predicted octanol–water partition coefficient (Wildman–Crippen LogP) is 7.87. The third-order valence-corrected chi connectivity index (χ3v) is 6.42. The minimum atomic E-state index is -0.318. The van der Waals surface area contributed by atoms with Gasteiger partial charge in [0.2, 0.25) is 0 Å². The molecule has 0 radical (unpaired) electrons. The van der Waals surface area contributed by atoms with Crippen LogP contribution in [0.2, 0.25) is 0 Å². The van der Waals surface area contributed by atoms with Crippen molar-refractivity contribution in [1.82, 2.24) is 0 Å². The molecule has 172 valence electrons. The van der Waals surface area contributed by atoms with Gasteiger partial charge in [0.05, 0.1) is 5.39 Å². The fourth-order valence-electron chi connectivity index (χ4n) is 4.68. The largest absolute Gasteiger partial charge is 0.422 e. The molecule has 0 saturated carbocycles. The van der Waals surface area contributed by atoms with Crippen molar-refractivity contribution >= 4 is 44.3 Å². The number of aryl methyl sites for hydroxylation is 1. The van der Waals surface area contributed by atoms with Crippen LogP contribution in [0.25, 0.3) is 32.9 Å². The average Bonchev–Trinajstić information content (AvgIpc) is 3.16. The van der Waals surface area contributed by atoms with E-state index in [2.05, 4.69) is 47.5 Å². The molecule has 0 spiro atoms. The van der Waals surface area contributed by atoms with E-state index >= 15 is 0 Å². The molecule has 0 saturated heterocycles. The maximum absolute atomic E-state index is 12.8. The lowest BCUT2D eigenvalue weighted by Gasteiger charge is -2.15. The zero-order valence-corrected chi connectivity index (χ0v) is 19.8. The summed E-state index contributed by atoms with van der Waals surface area (Å²) in [4.78, 5) is 12.8. The fraction of sp³-hybridized carbons (Fsp3) is 0.0606. The summed E-state index contributed by atoms with van der Waals surface area (Å²) in [7, 11) is 0. The van der Waals surface area contributed by atoms with Gasteiger partial charge in [-0.1, -0.05) is 84.2 Å². The Morgan fingerprint density at radius 2 is 1.64 bits per heavy atom. The highest BCUT2D eigenvalue weighted by molar-refractivity contribution is 6.08. The van der Waals surface area contributed by atoms with Crippen LogP contribution >= 0.6 is 0 Å². The van der Waals surface area contributed by atoms with Crippen molar-refractivity contribution < 1.29 is 4.42 Å². The van der Waals surface area contributed by atoms with Crippen molar-refractivity contribution in [1.29, 1.82) is 0 Å². The molecule has 0 aliphatic heterocycles. The number of hydrogen-bond donors (Lipinski definition) is 1. The second-order valence-electron chi connectivity index (χ2n) is 8.88. The standard InChI is InChI=1S/C33H23NO2/c1-22-16-18-27-29-19-17-23(21-32(29)36-33(35)30(27)20-22)25-12-6-3-7-13-26(25)28-14-8-9-15-31(28)34-24-10-4-2-5-11-24/h2,4-6,8-12,14-21,34H,3H2,1H3. The summed E-state index contributed by atoms with van der Waals surface area (Å²) >= 11 is 0.